The lowest BCUT2D eigenvalue weighted by molar-refractivity contribution is -0.166. The van der Waals surface area contributed by atoms with Gasteiger partial charge in [0.1, 0.15) is 0 Å². The number of hydrogen-bond donors (Lipinski definition) is 1. The summed E-state index contributed by atoms with van der Waals surface area (Å²) >= 11 is 1.40. The Labute approximate surface area is 133 Å². The van der Waals surface area contributed by atoms with Crippen molar-refractivity contribution in [3.63, 3.8) is 0 Å². The monoisotopic (exact) mass is 345 g/mol. The minimum atomic E-state index is -3.71. The molecular formula is C14H19NO5S2. The van der Waals surface area contributed by atoms with Crippen LogP contribution in [0.3, 0.4) is 0 Å². The number of carboxylic acids is 1. The van der Waals surface area contributed by atoms with E-state index in [1.54, 1.807) is 13.8 Å². The van der Waals surface area contributed by atoms with Gasteiger partial charge in [-0.1, -0.05) is 0 Å². The molecule has 1 aromatic heterocycles. The number of hydrogen-bond acceptors (Lipinski definition) is 5. The quantitative estimate of drug-likeness (QED) is 0.902. The van der Waals surface area contributed by atoms with Crippen LogP contribution in [-0.2, 0) is 19.6 Å². The Morgan fingerprint density at radius 2 is 2.14 bits per heavy atom. The second kappa shape index (κ2) is 5.30. The maximum absolute atomic E-state index is 13.2. The van der Waals surface area contributed by atoms with Crippen LogP contribution in [0.15, 0.2) is 10.3 Å². The lowest BCUT2D eigenvalue weighted by atomic mass is 9.76. The Morgan fingerprint density at radius 3 is 2.59 bits per heavy atom. The fourth-order valence-electron chi connectivity index (χ4n) is 3.26. The summed E-state index contributed by atoms with van der Waals surface area (Å²) in [6.45, 7) is 3.60. The molecule has 3 rings (SSSR count). The number of sulfonamides is 1. The molecule has 22 heavy (non-hydrogen) atoms. The van der Waals surface area contributed by atoms with Gasteiger partial charge in [-0.25, -0.2) is 13.2 Å². The largest absolute Gasteiger partial charge is 0.479 e. The van der Waals surface area contributed by atoms with Gasteiger partial charge in [-0.05, 0) is 44.1 Å². The predicted molar refractivity (Wildman–Crippen MR) is 81.6 cm³/mol. The Balaban J connectivity index is 2.04. The molecule has 2 fully saturated rings. The van der Waals surface area contributed by atoms with Crippen LogP contribution >= 0.6 is 11.3 Å². The van der Waals surface area contributed by atoms with Gasteiger partial charge in [-0.2, -0.15) is 4.31 Å². The molecule has 2 heterocycles. The first-order chi connectivity index (χ1) is 10.3. The molecule has 1 saturated carbocycles. The van der Waals surface area contributed by atoms with Crippen LogP contribution in [0.25, 0.3) is 0 Å². The third-order valence-electron chi connectivity index (χ3n) is 4.61. The molecule has 1 atom stereocenters. The van der Waals surface area contributed by atoms with Crippen LogP contribution in [0.2, 0.25) is 0 Å². The summed E-state index contributed by atoms with van der Waals surface area (Å²) in [5, 5.41) is 11.0. The summed E-state index contributed by atoms with van der Waals surface area (Å²) < 4.78 is 33.1. The van der Waals surface area contributed by atoms with E-state index in [-0.39, 0.29) is 13.2 Å². The summed E-state index contributed by atoms with van der Waals surface area (Å²) in [5.41, 5.74) is 0.154. The number of aliphatic carboxylic acids is 1. The molecule has 1 N–H and O–H groups in total. The summed E-state index contributed by atoms with van der Waals surface area (Å²) in [5.74, 6) is -1.12. The lowest BCUT2D eigenvalue weighted by Gasteiger charge is -2.52. The molecule has 0 radical (unpaired) electrons. The maximum atomic E-state index is 13.2. The number of carboxylic acid groups (broad SMARTS) is 1. The molecule has 0 amide bonds. The minimum Gasteiger partial charge on any atom is -0.479 e. The van der Waals surface area contributed by atoms with E-state index in [9.17, 15) is 18.3 Å². The standard InChI is InChI=1S/C14H19NO5S2/c1-9-7-21-10(2)12(9)22(18,19)15-6-11(13(16)17)20-8-14(15)4-3-5-14/h7,11H,3-6,8H2,1-2H3,(H,16,17). The summed E-state index contributed by atoms with van der Waals surface area (Å²) in [6, 6.07) is 0. The molecule has 8 heteroatoms. The van der Waals surface area contributed by atoms with Gasteiger partial charge < -0.3 is 9.84 Å². The number of thiophene rings is 1. The number of rotatable bonds is 3. The minimum absolute atomic E-state index is 0.119. The first kappa shape index (κ1) is 15.9. The van der Waals surface area contributed by atoms with Crippen molar-refractivity contribution in [3.05, 3.63) is 15.8 Å². The molecule has 122 valence electrons. The van der Waals surface area contributed by atoms with Crippen molar-refractivity contribution >= 4 is 27.3 Å². The number of carbonyl (C=O) groups is 1. The summed E-state index contributed by atoms with van der Waals surface area (Å²) in [7, 11) is -3.71. The van der Waals surface area contributed by atoms with Gasteiger partial charge in [-0.3, -0.25) is 0 Å². The van der Waals surface area contributed by atoms with Crippen molar-refractivity contribution in [1.29, 1.82) is 0 Å². The van der Waals surface area contributed by atoms with Gasteiger partial charge in [0, 0.05) is 4.88 Å². The highest BCUT2D eigenvalue weighted by molar-refractivity contribution is 7.89. The molecule has 1 aliphatic carbocycles. The van der Waals surface area contributed by atoms with Crippen molar-refractivity contribution in [3.8, 4) is 0 Å². The molecular weight excluding hydrogens is 326 g/mol. The van der Waals surface area contributed by atoms with E-state index < -0.39 is 27.6 Å². The third kappa shape index (κ3) is 2.29. The van der Waals surface area contributed by atoms with Crippen LogP contribution in [0, 0.1) is 13.8 Å². The zero-order valence-corrected chi connectivity index (χ0v) is 14.2. The van der Waals surface area contributed by atoms with Crippen molar-refractivity contribution in [1.82, 2.24) is 4.31 Å². The Hall–Kier alpha value is -0.960. The van der Waals surface area contributed by atoms with Gasteiger partial charge in [-0.15, -0.1) is 11.3 Å². The fourth-order valence-corrected chi connectivity index (χ4v) is 6.66. The van der Waals surface area contributed by atoms with Crippen molar-refractivity contribution < 1.29 is 23.1 Å². The van der Waals surface area contributed by atoms with E-state index in [4.69, 9.17) is 4.74 Å². The highest BCUT2D eigenvalue weighted by Crippen LogP contribution is 2.44. The maximum Gasteiger partial charge on any atom is 0.334 e. The van der Waals surface area contributed by atoms with E-state index >= 15 is 0 Å². The van der Waals surface area contributed by atoms with E-state index in [1.165, 1.54) is 15.6 Å². The van der Waals surface area contributed by atoms with Crippen LogP contribution in [0.4, 0.5) is 0 Å². The van der Waals surface area contributed by atoms with Gasteiger partial charge in [0.25, 0.3) is 0 Å². The topological polar surface area (TPSA) is 83.9 Å². The van der Waals surface area contributed by atoms with Gasteiger partial charge >= 0.3 is 5.97 Å². The molecule has 6 nitrogen and oxygen atoms in total. The SMILES string of the molecule is Cc1csc(C)c1S(=O)(=O)N1CC(C(=O)O)OCC12CCC2. The van der Waals surface area contributed by atoms with Gasteiger partial charge in [0.15, 0.2) is 6.10 Å². The Bertz CT molecular complexity index is 685. The molecule has 1 aromatic rings. The van der Waals surface area contributed by atoms with E-state index in [2.05, 4.69) is 0 Å². The molecule has 1 aliphatic heterocycles. The lowest BCUT2D eigenvalue weighted by Crippen LogP contribution is -2.65. The summed E-state index contributed by atoms with van der Waals surface area (Å²) in [4.78, 5) is 12.3. The first-order valence-corrected chi connectivity index (χ1v) is 9.52. The number of morpholine rings is 1. The molecule has 0 bridgehead atoms. The van der Waals surface area contributed by atoms with E-state index in [0.29, 0.717) is 4.90 Å². The normalized spacial score (nSPS) is 25.1. The highest BCUT2D eigenvalue weighted by atomic mass is 32.2. The van der Waals surface area contributed by atoms with Crippen molar-refractivity contribution in [2.75, 3.05) is 13.2 Å². The number of ether oxygens (including phenoxy) is 1. The molecule has 1 spiro atoms. The average Bonchev–Trinajstić information content (AvgIpc) is 2.76. The van der Waals surface area contributed by atoms with Gasteiger partial charge in [0.2, 0.25) is 10.0 Å². The smallest absolute Gasteiger partial charge is 0.334 e. The summed E-state index contributed by atoms with van der Waals surface area (Å²) in [6.07, 6.45) is 1.29. The Kier molecular flexibility index (Phi) is 3.83. The van der Waals surface area contributed by atoms with E-state index in [1.807, 2.05) is 5.38 Å². The highest BCUT2D eigenvalue weighted by Gasteiger charge is 2.53. The second-order valence-corrected chi connectivity index (χ2v) is 8.94. The zero-order chi connectivity index (χ0) is 16.1. The molecule has 1 saturated heterocycles. The Morgan fingerprint density at radius 1 is 1.45 bits per heavy atom. The van der Waals surface area contributed by atoms with Crippen molar-refractivity contribution in [2.45, 2.75) is 49.6 Å². The van der Waals surface area contributed by atoms with Crippen LogP contribution in [-0.4, -0.2) is 48.6 Å². The number of nitrogens with zero attached hydrogens (tertiary/aromatic N) is 1. The average molecular weight is 345 g/mol. The molecule has 1 unspecified atom stereocenters. The predicted octanol–water partition coefficient (Wildman–Crippen LogP) is 1.76. The molecule has 0 aromatic carbocycles. The van der Waals surface area contributed by atoms with E-state index in [0.717, 1.165) is 29.7 Å². The second-order valence-electron chi connectivity index (χ2n) is 6.06. The van der Waals surface area contributed by atoms with Crippen LogP contribution in [0.5, 0.6) is 0 Å². The van der Waals surface area contributed by atoms with Crippen LogP contribution in [0.1, 0.15) is 29.7 Å². The zero-order valence-electron chi connectivity index (χ0n) is 12.5. The molecule has 2 aliphatic rings. The van der Waals surface area contributed by atoms with Crippen molar-refractivity contribution in [2.24, 2.45) is 0 Å². The van der Waals surface area contributed by atoms with Gasteiger partial charge in [0.05, 0.1) is 23.6 Å². The third-order valence-corrected chi connectivity index (χ3v) is 8.03. The van der Waals surface area contributed by atoms with Crippen LogP contribution < -0.4 is 0 Å². The first-order valence-electron chi connectivity index (χ1n) is 7.20. The number of aryl methyl sites for hydroxylation is 2. The fraction of sp³-hybridized carbons (Fsp3) is 0.643.